The number of rotatable bonds is 7. The highest BCUT2D eigenvalue weighted by Gasteiger charge is 2.30. The van der Waals surface area contributed by atoms with Crippen molar-refractivity contribution in [2.75, 3.05) is 6.54 Å². The molecule has 0 saturated carbocycles. The van der Waals surface area contributed by atoms with Crippen LogP contribution in [0.5, 0.6) is 5.75 Å². The van der Waals surface area contributed by atoms with E-state index in [9.17, 15) is 9.90 Å². The molecule has 1 aromatic heterocycles. The summed E-state index contributed by atoms with van der Waals surface area (Å²) in [5.74, 6) is 0.545. The lowest BCUT2D eigenvalue weighted by Gasteiger charge is -2.22. The Labute approximate surface area is 163 Å². The number of hydrogen-bond acceptors (Lipinski definition) is 5. The lowest BCUT2D eigenvalue weighted by atomic mass is 10.1. The van der Waals surface area contributed by atoms with Gasteiger partial charge in [-0.25, -0.2) is 4.98 Å². The fraction of sp³-hybridized carbons (Fsp3) is 0.273. The molecular formula is C22H22N2O4. The summed E-state index contributed by atoms with van der Waals surface area (Å²) in [5, 5.41) is 9.39. The Bertz CT molecular complexity index is 938. The molecule has 1 atom stereocenters. The lowest BCUT2D eigenvalue weighted by Crippen LogP contribution is -2.35. The van der Waals surface area contributed by atoms with Crippen LogP contribution in [0.1, 0.15) is 24.1 Å². The molecule has 1 saturated heterocycles. The molecule has 144 valence electrons. The van der Waals surface area contributed by atoms with Crippen molar-refractivity contribution >= 4 is 5.97 Å². The fourth-order valence-corrected chi connectivity index (χ4v) is 3.53. The van der Waals surface area contributed by atoms with Crippen LogP contribution < -0.4 is 4.74 Å². The van der Waals surface area contributed by atoms with Gasteiger partial charge >= 0.3 is 5.97 Å². The van der Waals surface area contributed by atoms with Gasteiger partial charge in [0, 0.05) is 17.7 Å². The smallest absolute Gasteiger partial charge is 0.320 e. The zero-order valence-corrected chi connectivity index (χ0v) is 15.5. The summed E-state index contributed by atoms with van der Waals surface area (Å²) in [7, 11) is 0. The molecule has 6 nitrogen and oxygen atoms in total. The van der Waals surface area contributed by atoms with Crippen molar-refractivity contribution in [1.29, 1.82) is 0 Å². The van der Waals surface area contributed by atoms with Gasteiger partial charge in [0.05, 0.1) is 0 Å². The van der Waals surface area contributed by atoms with Gasteiger partial charge < -0.3 is 14.3 Å². The molecule has 28 heavy (non-hydrogen) atoms. The van der Waals surface area contributed by atoms with Gasteiger partial charge in [-0.15, -0.1) is 0 Å². The number of carbonyl (C=O) groups is 1. The highest BCUT2D eigenvalue weighted by Crippen LogP contribution is 2.26. The van der Waals surface area contributed by atoms with Gasteiger partial charge in [0.15, 0.2) is 0 Å². The zero-order valence-electron chi connectivity index (χ0n) is 15.5. The minimum Gasteiger partial charge on any atom is -0.487 e. The van der Waals surface area contributed by atoms with Crippen LogP contribution in [0.2, 0.25) is 0 Å². The molecule has 2 aromatic carbocycles. The van der Waals surface area contributed by atoms with Gasteiger partial charge in [0.25, 0.3) is 0 Å². The molecule has 0 radical (unpaired) electrons. The Morgan fingerprint density at radius 2 is 1.96 bits per heavy atom. The van der Waals surface area contributed by atoms with Gasteiger partial charge in [0.1, 0.15) is 30.4 Å². The normalized spacial score (nSPS) is 16.9. The summed E-state index contributed by atoms with van der Waals surface area (Å²) in [6.45, 7) is 1.63. The number of hydrogen-bond donors (Lipinski definition) is 1. The standard InChI is InChI=1S/C22H22N2O4/c25-22(26)19-10-6-12-24(19)13-17-9-4-5-11-20(17)27-14-18-15-28-21(23-18)16-7-2-1-3-8-16/h1-5,7-9,11,15,19H,6,10,12-14H2,(H,25,26). The molecule has 0 aliphatic carbocycles. The van der Waals surface area contributed by atoms with Crippen LogP contribution in [0.25, 0.3) is 11.5 Å². The molecule has 0 bridgehead atoms. The van der Waals surface area contributed by atoms with Crippen LogP contribution in [0.15, 0.2) is 65.3 Å². The lowest BCUT2D eigenvalue weighted by molar-refractivity contribution is -0.142. The quantitative estimate of drug-likeness (QED) is 0.670. The molecular weight excluding hydrogens is 356 g/mol. The fourth-order valence-electron chi connectivity index (χ4n) is 3.53. The molecule has 3 aromatic rings. The Hall–Kier alpha value is -3.12. The first-order valence-corrected chi connectivity index (χ1v) is 9.38. The van der Waals surface area contributed by atoms with Crippen LogP contribution in [0.4, 0.5) is 0 Å². The van der Waals surface area contributed by atoms with E-state index in [4.69, 9.17) is 9.15 Å². The van der Waals surface area contributed by atoms with Crippen LogP contribution in [0.3, 0.4) is 0 Å². The van der Waals surface area contributed by atoms with E-state index in [0.29, 0.717) is 24.6 Å². The highest BCUT2D eigenvalue weighted by molar-refractivity contribution is 5.73. The van der Waals surface area contributed by atoms with E-state index < -0.39 is 12.0 Å². The number of benzene rings is 2. The first-order valence-electron chi connectivity index (χ1n) is 9.38. The predicted molar refractivity (Wildman–Crippen MR) is 104 cm³/mol. The molecule has 0 spiro atoms. The summed E-state index contributed by atoms with van der Waals surface area (Å²) in [5.41, 5.74) is 2.60. The van der Waals surface area contributed by atoms with E-state index in [1.165, 1.54) is 0 Å². The van der Waals surface area contributed by atoms with Crippen LogP contribution in [-0.4, -0.2) is 33.5 Å². The van der Waals surface area contributed by atoms with Gasteiger partial charge in [-0.3, -0.25) is 9.69 Å². The minimum absolute atomic E-state index is 0.287. The number of aliphatic carboxylic acids is 1. The maximum Gasteiger partial charge on any atom is 0.320 e. The first-order chi connectivity index (χ1) is 13.7. The minimum atomic E-state index is -0.757. The van der Waals surface area contributed by atoms with Crippen LogP contribution in [-0.2, 0) is 17.9 Å². The van der Waals surface area contributed by atoms with Crippen molar-refractivity contribution in [2.24, 2.45) is 0 Å². The van der Waals surface area contributed by atoms with Crippen molar-refractivity contribution in [2.45, 2.75) is 32.0 Å². The monoisotopic (exact) mass is 378 g/mol. The van der Waals surface area contributed by atoms with Gasteiger partial charge in [0.2, 0.25) is 5.89 Å². The molecule has 1 aliphatic rings. The van der Waals surface area contributed by atoms with E-state index in [-0.39, 0.29) is 6.61 Å². The largest absolute Gasteiger partial charge is 0.487 e. The molecule has 1 unspecified atom stereocenters. The molecule has 4 rings (SSSR count). The second-order valence-electron chi connectivity index (χ2n) is 6.87. The summed E-state index contributed by atoms with van der Waals surface area (Å²) in [6, 6.07) is 17.0. The summed E-state index contributed by atoms with van der Waals surface area (Å²) < 4.78 is 11.5. The third-order valence-corrected chi connectivity index (χ3v) is 4.94. The Balaban J connectivity index is 1.43. The molecule has 1 fully saturated rings. The topological polar surface area (TPSA) is 75.8 Å². The third-order valence-electron chi connectivity index (χ3n) is 4.94. The Morgan fingerprint density at radius 1 is 1.18 bits per heavy atom. The van der Waals surface area contributed by atoms with E-state index >= 15 is 0 Å². The average molecular weight is 378 g/mol. The number of carboxylic acids is 1. The number of likely N-dealkylation sites (tertiary alicyclic amines) is 1. The van der Waals surface area contributed by atoms with Gasteiger partial charge in [-0.2, -0.15) is 0 Å². The molecule has 2 heterocycles. The average Bonchev–Trinajstić information content (AvgIpc) is 3.38. The zero-order chi connectivity index (χ0) is 19.3. The molecule has 0 amide bonds. The number of oxazole rings is 1. The number of nitrogens with zero attached hydrogens (tertiary/aromatic N) is 2. The predicted octanol–water partition coefficient (Wildman–Crippen LogP) is 3.97. The molecule has 6 heteroatoms. The van der Waals surface area contributed by atoms with Crippen molar-refractivity contribution < 1.29 is 19.1 Å². The second kappa shape index (κ2) is 8.27. The maximum absolute atomic E-state index is 11.4. The third kappa shape index (κ3) is 4.07. The molecule has 1 aliphatic heterocycles. The van der Waals surface area contributed by atoms with Crippen LogP contribution >= 0.6 is 0 Å². The van der Waals surface area contributed by atoms with E-state index in [2.05, 4.69) is 4.98 Å². The van der Waals surface area contributed by atoms with Crippen molar-refractivity contribution in [3.63, 3.8) is 0 Å². The van der Waals surface area contributed by atoms with Gasteiger partial charge in [-0.05, 0) is 37.6 Å². The van der Waals surface area contributed by atoms with Crippen molar-refractivity contribution in [1.82, 2.24) is 9.88 Å². The Morgan fingerprint density at radius 3 is 2.79 bits per heavy atom. The van der Waals surface area contributed by atoms with E-state index in [0.717, 1.165) is 29.8 Å². The van der Waals surface area contributed by atoms with Crippen molar-refractivity contribution in [3.05, 3.63) is 72.1 Å². The summed E-state index contributed by atoms with van der Waals surface area (Å²) in [6.07, 6.45) is 3.20. The Kier molecular flexibility index (Phi) is 5.39. The number of para-hydroxylation sites is 1. The first kappa shape index (κ1) is 18.3. The maximum atomic E-state index is 11.4. The van der Waals surface area contributed by atoms with E-state index in [1.54, 1.807) is 6.26 Å². The van der Waals surface area contributed by atoms with E-state index in [1.807, 2.05) is 59.5 Å². The SMILES string of the molecule is O=C(O)C1CCCN1Cc1ccccc1OCc1coc(-c2ccccc2)n1. The molecule has 1 N–H and O–H groups in total. The second-order valence-corrected chi connectivity index (χ2v) is 6.87. The number of aromatic nitrogens is 1. The number of carboxylic acid groups (broad SMARTS) is 1. The summed E-state index contributed by atoms with van der Waals surface area (Å²) in [4.78, 5) is 17.9. The van der Waals surface area contributed by atoms with Crippen molar-refractivity contribution in [3.8, 4) is 17.2 Å². The summed E-state index contributed by atoms with van der Waals surface area (Å²) >= 11 is 0. The highest BCUT2D eigenvalue weighted by atomic mass is 16.5. The number of ether oxygens (including phenoxy) is 1. The van der Waals surface area contributed by atoms with Crippen LogP contribution in [0, 0.1) is 0 Å². The van der Waals surface area contributed by atoms with Gasteiger partial charge in [-0.1, -0.05) is 36.4 Å².